The summed E-state index contributed by atoms with van der Waals surface area (Å²) in [5.74, 6) is -2.31. The highest BCUT2D eigenvalue weighted by atomic mass is 19.1. The van der Waals surface area contributed by atoms with Gasteiger partial charge < -0.3 is 10.4 Å². The van der Waals surface area contributed by atoms with Gasteiger partial charge >= 0.3 is 0 Å². The van der Waals surface area contributed by atoms with Crippen LogP contribution in [0, 0.1) is 11.6 Å². The molecule has 1 aromatic carbocycles. The zero-order valence-corrected chi connectivity index (χ0v) is 8.93. The van der Waals surface area contributed by atoms with Crippen LogP contribution in [0.25, 0.3) is 0 Å². The molecule has 0 saturated heterocycles. The first-order valence-corrected chi connectivity index (χ1v) is 5.03. The Morgan fingerprint density at radius 2 is 2.06 bits per heavy atom. The van der Waals surface area contributed by atoms with E-state index in [2.05, 4.69) is 5.32 Å². The molecule has 2 N–H and O–H groups in total. The Morgan fingerprint density at radius 1 is 1.38 bits per heavy atom. The fourth-order valence-corrected chi connectivity index (χ4v) is 1.41. The van der Waals surface area contributed by atoms with E-state index in [1.807, 2.05) is 0 Å². The predicted molar refractivity (Wildman–Crippen MR) is 55.0 cm³/mol. The summed E-state index contributed by atoms with van der Waals surface area (Å²) in [6, 6.07) is 1.25. The Balaban J connectivity index is 2.78. The number of phenols is 1. The first-order valence-electron chi connectivity index (χ1n) is 5.03. The third-order valence-corrected chi connectivity index (χ3v) is 2.29. The van der Waals surface area contributed by atoms with Crippen LogP contribution in [-0.2, 0) is 0 Å². The topological polar surface area (TPSA) is 32.3 Å². The van der Waals surface area contributed by atoms with Crippen LogP contribution in [0.4, 0.5) is 13.2 Å². The fraction of sp³-hybridized carbons (Fsp3) is 0.455. The van der Waals surface area contributed by atoms with Crippen molar-refractivity contribution >= 4 is 0 Å². The second kappa shape index (κ2) is 5.75. The second-order valence-electron chi connectivity index (χ2n) is 3.54. The first-order chi connectivity index (χ1) is 7.56. The molecule has 1 unspecified atom stereocenters. The van der Waals surface area contributed by atoms with E-state index in [1.54, 1.807) is 6.92 Å². The molecule has 0 spiro atoms. The highest BCUT2D eigenvalue weighted by Gasteiger charge is 2.15. The van der Waals surface area contributed by atoms with Gasteiger partial charge in [0.25, 0.3) is 0 Å². The van der Waals surface area contributed by atoms with Crippen LogP contribution < -0.4 is 5.32 Å². The lowest BCUT2D eigenvalue weighted by Gasteiger charge is -2.15. The summed E-state index contributed by atoms with van der Waals surface area (Å²) in [7, 11) is 0. The Bertz CT molecular complexity index is 357. The van der Waals surface area contributed by atoms with Gasteiger partial charge in [-0.15, -0.1) is 0 Å². The maximum Gasteiger partial charge on any atom is 0.168 e. The van der Waals surface area contributed by atoms with E-state index in [1.165, 1.54) is 0 Å². The molecule has 16 heavy (non-hydrogen) atoms. The number of phenolic OH excluding ortho intramolecular Hbond substituents is 1. The number of rotatable bonds is 5. The van der Waals surface area contributed by atoms with E-state index in [-0.39, 0.29) is 5.56 Å². The molecule has 0 amide bonds. The van der Waals surface area contributed by atoms with E-state index >= 15 is 0 Å². The maximum absolute atomic E-state index is 13.0. The molecule has 0 aromatic heterocycles. The van der Waals surface area contributed by atoms with Gasteiger partial charge in [-0.2, -0.15) is 0 Å². The Kier molecular flexibility index (Phi) is 4.61. The number of halogens is 3. The standard InChI is InChI=1S/C11H14F3NO/c1-7(15-4-2-3-12)9-5-8(13)6-10(14)11(9)16/h5-7,15-16H,2-4H2,1H3. The molecule has 1 rings (SSSR count). The molecule has 0 aliphatic carbocycles. The van der Waals surface area contributed by atoms with Crippen molar-refractivity contribution in [3.05, 3.63) is 29.3 Å². The smallest absolute Gasteiger partial charge is 0.168 e. The highest BCUT2D eigenvalue weighted by molar-refractivity contribution is 5.36. The van der Waals surface area contributed by atoms with E-state index in [0.29, 0.717) is 19.0 Å². The van der Waals surface area contributed by atoms with E-state index in [0.717, 1.165) is 6.07 Å². The zero-order chi connectivity index (χ0) is 12.1. The molecule has 0 radical (unpaired) electrons. The van der Waals surface area contributed by atoms with Crippen molar-refractivity contribution in [3.63, 3.8) is 0 Å². The van der Waals surface area contributed by atoms with Crippen LogP contribution in [-0.4, -0.2) is 18.3 Å². The summed E-state index contributed by atoms with van der Waals surface area (Å²) < 4.78 is 37.8. The normalized spacial score (nSPS) is 12.8. The molecule has 5 heteroatoms. The maximum atomic E-state index is 13.0. The van der Waals surface area contributed by atoms with Gasteiger partial charge in [-0.05, 0) is 26.0 Å². The number of benzene rings is 1. The first kappa shape index (κ1) is 12.8. The number of nitrogens with one attached hydrogen (secondary N) is 1. The summed E-state index contributed by atoms with van der Waals surface area (Å²) in [4.78, 5) is 0. The summed E-state index contributed by atoms with van der Waals surface area (Å²) in [6.45, 7) is 1.57. The zero-order valence-electron chi connectivity index (χ0n) is 8.93. The molecular weight excluding hydrogens is 219 g/mol. The van der Waals surface area contributed by atoms with E-state index in [9.17, 15) is 18.3 Å². The van der Waals surface area contributed by atoms with Crippen molar-refractivity contribution in [3.8, 4) is 5.75 Å². The fourth-order valence-electron chi connectivity index (χ4n) is 1.41. The Hall–Kier alpha value is -1.23. The molecule has 0 heterocycles. The van der Waals surface area contributed by atoms with Crippen LogP contribution >= 0.6 is 0 Å². The third-order valence-electron chi connectivity index (χ3n) is 2.29. The molecule has 1 aromatic rings. The molecule has 1 atom stereocenters. The second-order valence-corrected chi connectivity index (χ2v) is 3.54. The van der Waals surface area contributed by atoms with E-state index < -0.39 is 30.1 Å². The lowest BCUT2D eigenvalue weighted by Crippen LogP contribution is -2.20. The number of hydrogen-bond donors (Lipinski definition) is 2. The number of hydrogen-bond acceptors (Lipinski definition) is 2. The monoisotopic (exact) mass is 233 g/mol. The van der Waals surface area contributed by atoms with Crippen molar-refractivity contribution in [2.45, 2.75) is 19.4 Å². The van der Waals surface area contributed by atoms with Gasteiger partial charge in [0.15, 0.2) is 11.6 Å². The molecular formula is C11H14F3NO. The Morgan fingerprint density at radius 3 is 2.69 bits per heavy atom. The van der Waals surface area contributed by atoms with Gasteiger partial charge in [0.1, 0.15) is 5.82 Å². The van der Waals surface area contributed by atoms with Crippen LogP contribution in [0.2, 0.25) is 0 Å². The predicted octanol–water partition coefficient (Wildman–Crippen LogP) is 2.68. The molecule has 90 valence electrons. The van der Waals surface area contributed by atoms with Gasteiger partial charge in [0.2, 0.25) is 0 Å². The van der Waals surface area contributed by atoms with Gasteiger partial charge in [0, 0.05) is 17.7 Å². The summed E-state index contributed by atoms with van der Waals surface area (Å²) in [5.41, 5.74) is 0.136. The number of alkyl halides is 1. The van der Waals surface area contributed by atoms with Crippen molar-refractivity contribution in [1.82, 2.24) is 5.32 Å². The average Bonchev–Trinajstić information content (AvgIpc) is 2.23. The van der Waals surface area contributed by atoms with Gasteiger partial charge in [0.05, 0.1) is 6.67 Å². The largest absolute Gasteiger partial charge is 0.505 e. The molecule has 2 nitrogen and oxygen atoms in total. The quantitative estimate of drug-likeness (QED) is 0.766. The molecule has 0 saturated carbocycles. The van der Waals surface area contributed by atoms with Crippen LogP contribution in [0.15, 0.2) is 12.1 Å². The summed E-state index contributed by atoms with van der Waals surface area (Å²) in [6.07, 6.45) is 0.322. The minimum absolute atomic E-state index is 0.136. The van der Waals surface area contributed by atoms with E-state index in [4.69, 9.17) is 0 Å². The number of aromatic hydroxyl groups is 1. The minimum atomic E-state index is -0.992. The van der Waals surface area contributed by atoms with Crippen molar-refractivity contribution in [2.75, 3.05) is 13.2 Å². The molecule has 0 aliphatic heterocycles. The summed E-state index contributed by atoms with van der Waals surface area (Å²) >= 11 is 0. The van der Waals surface area contributed by atoms with Crippen LogP contribution in [0.3, 0.4) is 0 Å². The Labute approximate surface area is 92.1 Å². The van der Waals surface area contributed by atoms with Crippen molar-refractivity contribution in [2.24, 2.45) is 0 Å². The average molecular weight is 233 g/mol. The van der Waals surface area contributed by atoms with Crippen LogP contribution in [0.5, 0.6) is 5.75 Å². The lowest BCUT2D eigenvalue weighted by molar-refractivity contribution is 0.404. The highest BCUT2D eigenvalue weighted by Crippen LogP contribution is 2.27. The third kappa shape index (κ3) is 3.13. The van der Waals surface area contributed by atoms with Gasteiger partial charge in [-0.3, -0.25) is 4.39 Å². The molecule has 0 fully saturated rings. The molecule has 0 bridgehead atoms. The van der Waals surface area contributed by atoms with Crippen molar-refractivity contribution < 1.29 is 18.3 Å². The minimum Gasteiger partial charge on any atom is -0.505 e. The van der Waals surface area contributed by atoms with Gasteiger partial charge in [-0.1, -0.05) is 0 Å². The van der Waals surface area contributed by atoms with Crippen molar-refractivity contribution in [1.29, 1.82) is 0 Å². The summed E-state index contributed by atoms with van der Waals surface area (Å²) in [5, 5.41) is 12.3. The van der Waals surface area contributed by atoms with Gasteiger partial charge in [-0.25, -0.2) is 8.78 Å². The van der Waals surface area contributed by atoms with Crippen LogP contribution in [0.1, 0.15) is 24.9 Å². The SMILES string of the molecule is CC(NCCCF)c1cc(F)cc(F)c1O. The lowest BCUT2D eigenvalue weighted by atomic mass is 10.1. The molecule has 0 aliphatic rings.